The van der Waals surface area contributed by atoms with Gasteiger partial charge in [0.25, 0.3) is 0 Å². The molecular weight excluding hydrogens is 259 g/mol. The highest BCUT2D eigenvalue weighted by molar-refractivity contribution is 7.89. The van der Waals surface area contributed by atoms with Crippen LogP contribution in [0.25, 0.3) is 0 Å². The molecule has 0 saturated heterocycles. The largest absolute Gasteiger partial charge is 0.399 e. The number of sulfonamides is 1. The highest BCUT2D eigenvalue weighted by Crippen LogP contribution is 2.17. The number of nitrogen functional groups attached to an aromatic ring is 1. The Bertz CT molecular complexity index is 491. The predicted molar refractivity (Wildman–Crippen MR) is 67.1 cm³/mol. The van der Waals surface area contributed by atoms with E-state index in [1.807, 2.05) is 6.92 Å². The second-order valence-corrected chi connectivity index (χ2v) is 5.37. The normalized spacial score (nSPS) is 11.7. The van der Waals surface area contributed by atoms with E-state index < -0.39 is 20.7 Å². The van der Waals surface area contributed by atoms with Crippen molar-refractivity contribution in [1.82, 2.24) is 4.72 Å². The van der Waals surface area contributed by atoms with E-state index in [9.17, 15) is 12.8 Å². The Balaban J connectivity index is 2.66. The van der Waals surface area contributed by atoms with Crippen LogP contribution in [-0.2, 0) is 14.8 Å². The van der Waals surface area contributed by atoms with Crippen LogP contribution in [0.1, 0.15) is 13.3 Å². The molecule has 0 aliphatic rings. The number of rotatable bonds is 7. The summed E-state index contributed by atoms with van der Waals surface area (Å²) in [5, 5.41) is 0. The molecule has 0 unspecified atom stereocenters. The molecule has 0 atom stereocenters. The van der Waals surface area contributed by atoms with Gasteiger partial charge < -0.3 is 10.5 Å². The van der Waals surface area contributed by atoms with Gasteiger partial charge in [-0.05, 0) is 31.5 Å². The van der Waals surface area contributed by atoms with Gasteiger partial charge in [-0.2, -0.15) is 0 Å². The predicted octanol–water partition coefficient (Wildman–Crippen LogP) is 1.11. The lowest BCUT2D eigenvalue weighted by molar-refractivity contribution is 0.146. The fourth-order valence-corrected chi connectivity index (χ4v) is 2.51. The van der Waals surface area contributed by atoms with E-state index in [-0.39, 0.29) is 12.2 Å². The topological polar surface area (TPSA) is 81.4 Å². The molecule has 18 heavy (non-hydrogen) atoms. The first-order chi connectivity index (χ1) is 8.47. The minimum absolute atomic E-state index is 0.191. The highest BCUT2D eigenvalue weighted by atomic mass is 32.2. The molecule has 0 amide bonds. The van der Waals surface area contributed by atoms with E-state index in [1.165, 1.54) is 6.07 Å². The lowest BCUT2D eigenvalue weighted by Gasteiger charge is -2.08. The van der Waals surface area contributed by atoms with Crippen LogP contribution in [-0.4, -0.2) is 28.2 Å². The second-order valence-electron chi connectivity index (χ2n) is 3.64. The van der Waals surface area contributed by atoms with Gasteiger partial charge in [-0.3, -0.25) is 0 Å². The summed E-state index contributed by atoms with van der Waals surface area (Å²) >= 11 is 0. The van der Waals surface area contributed by atoms with Gasteiger partial charge in [-0.15, -0.1) is 0 Å². The Morgan fingerprint density at radius 2 is 2.17 bits per heavy atom. The molecule has 0 aromatic heterocycles. The van der Waals surface area contributed by atoms with Crippen LogP contribution in [0.2, 0.25) is 0 Å². The van der Waals surface area contributed by atoms with E-state index in [4.69, 9.17) is 10.5 Å². The third-order valence-corrected chi connectivity index (χ3v) is 3.68. The van der Waals surface area contributed by atoms with Gasteiger partial charge in [-0.1, -0.05) is 0 Å². The van der Waals surface area contributed by atoms with E-state index in [1.54, 1.807) is 0 Å². The quantitative estimate of drug-likeness (QED) is 0.577. The number of nitrogens with one attached hydrogen (secondary N) is 1. The summed E-state index contributed by atoms with van der Waals surface area (Å²) in [6, 6.07) is 3.44. The Hall–Kier alpha value is -1.18. The zero-order valence-corrected chi connectivity index (χ0v) is 11.0. The first kappa shape index (κ1) is 14.9. The van der Waals surface area contributed by atoms with E-state index >= 15 is 0 Å². The molecule has 3 N–H and O–H groups in total. The van der Waals surface area contributed by atoms with Crippen molar-refractivity contribution >= 4 is 15.7 Å². The monoisotopic (exact) mass is 276 g/mol. The van der Waals surface area contributed by atoms with Gasteiger partial charge in [0.1, 0.15) is 10.7 Å². The number of hydrogen-bond donors (Lipinski definition) is 2. The lowest BCUT2D eigenvalue weighted by Crippen LogP contribution is -2.26. The van der Waals surface area contributed by atoms with Gasteiger partial charge >= 0.3 is 0 Å². The number of benzene rings is 1. The highest BCUT2D eigenvalue weighted by Gasteiger charge is 2.18. The average molecular weight is 276 g/mol. The van der Waals surface area contributed by atoms with Crippen molar-refractivity contribution in [3.8, 4) is 0 Å². The third kappa shape index (κ3) is 4.25. The molecule has 0 heterocycles. The first-order valence-corrected chi connectivity index (χ1v) is 7.08. The van der Waals surface area contributed by atoms with Crippen LogP contribution < -0.4 is 10.5 Å². The van der Waals surface area contributed by atoms with Crippen molar-refractivity contribution in [2.24, 2.45) is 0 Å². The minimum atomic E-state index is -3.86. The maximum atomic E-state index is 13.4. The van der Waals surface area contributed by atoms with Crippen molar-refractivity contribution in [2.75, 3.05) is 25.5 Å². The molecule has 0 saturated carbocycles. The third-order valence-electron chi connectivity index (χ3n) is 2.21. The minimum Gasteiger partial charge on any atom is -0.399 e. The van der Waals surface area contributed by atoms with Gasteiger partial charge in [0.2, 0.25) is 10.0 Å². The van der Waals surface area contributed by atoms with Crippen LogP contribution in [0.5, 0.6) is 0 Å². The molecule has 5 nitrogen and oxygen atoms in total. The maximum absolute atomic E-state index is 13.4. The lowest BCUT2D eigenvalue weighted by atomic mass is 10.3. The fraction of sp³-hybridized carbons (Fsp3) is 0.455. The van der Waals surface area contributed by atoms with Crippen molar-refractivity contribution in [1.29, 1.82) is 0 Å². The van der Waals surface area contributed by atoms with Gasteiger partial charge in [0, 0.05) is 25.4 Å². The summed E-state index contributed by atoms with van der Waals surface area (Å²) in [5.41, 5.74) is 5.64. The van der Waals surface area contributed by atoms with Crippen molar-refractivity contribution in [3.05, 3.63) is 24.0 Å². The number of ether oxygens (including phenoxy) is 1. The summed E-state index contributed by atoms with van der Waals surface area (Å²) in [5.74, 6) is -0.818. The smallest absolute Gasteiger partial charge is 0.243 e. The molecule has 0 aliphatic heterocycles. The molecule has 0 aliphatic carbocycles. The number of halogens is 1. The van der Waals surface area contributed by atoms with Crippen molar-refractivity contribution in [3.63, 3.8) is 0 Å². The Labute approximate surface area is 106 Å². The first-order valence-electron chi connectivity index (χ1n) is 5.60. The zero-order valence-electron chi connectivity index (χ0n) is 10.1. The molecule has 102 valence electrons. The summed E-state index contributed by atoms with van der Waals surface area (Å²) in [7, 11) is -3.86. The number of hydrogen-bond acceptors (Lipinski definition) is 4. The molecule has 0 spiro atoms. The van der Waals surface area contributed by atoms with Gasteiger partial charge in [0.15, 0.2) is 0 Å². The molecular formula is C11H17FN2O3S. The summed E-state index contributed by atoms with van der Waals surface area (Å²) < 4.78 is 44.3. The van der Waals surface area contributed by atoms with Crippen LogP contribution in [0, 0.1) is 5.82 Å². The van der Waals surface area contributed by atoms with Crippen LogP contribution in [0.4, 0.5) is 10.1 Å². The molecule has 1 rings (SSSR count). The molecule has 0 radical (unpaired) electrons. The summed E-state index contributed by atoms with van der Waals surface area (Å²) in [6.07, 6.45) is 0.525. The Morgan fingerprint density at radius 3 is 2.83 bits per heavy atom. The molecule has 1 aromatic rings. The Morgan fingerprint density at radius 1 is 1.44 bits per heavy atom. The van der Waals surface area contributed by atoms with E-state index in [0.29, 0.717) is 19.6 Å². The fourth-order valence-electron chi connectivity index (χ4n) is 1.33. The number of anilines is 1. The summed E-state index contributed by atoms with van der Waals surface area (Å²) in [4.78, 5) is -0.432. The van der Waals surface area contributed by atoms with Gasteiger partial charge in [0.05, 0.1) is 0 Å². The SMILES string of the molecule is CCOCCCNS(=O)(=O)c1cc(N)ccc1F. The zero-order chi connectivity index (χ0) is 13.6. The Kier molecular flexibility index (Phi) is 5.52. The van der Waals surface area contributed by atoms with Crippen molar-refractivity contribution in [2.45, 2.75) is 18.2 Å². The molecule has 0 bridgehead atoms. The molecule has 1 aromatic carbocycles. The number of nitrogens with two attached hydrogens (primary N) is 1. The second kappa shape index (κ2) is 6.67. The maximum Gasteiger partial charge on any atom is 0.243 e. The van der Waals surface area contributed by atoms with Crippen LogP contribution >= 0.6 is 0 Å². The molecule has 7 heteroatoms. The van der Waals surface area contributed by atoms with E-state index in [2.05, 4.69) is 4.72 Å². The average Bonchev–Trinajstić information content (AvgIpc) is 2.32. The van der Waals surface area contributed by atoms with Crippen LogP contribution in [0.15, 0.2) is 23.1 Å². The van der Waals surface area contributed by atoms with E-state index in [0.717, 1.165) is 12.1 Å². The van der Waals surface area contributed by atoms with Crippen molar-refractivity contribution < 1.29 is 17.5 Å². The van der Waals surface area contributed by atoms with Gasteiger partial charge in [-0.25, -0.2) is 17.5 Å². The summed E-state index contributed by atoms with van der Waals surface area (Å²) in [6.45, 7) is 3.08. The molecule has 0 fully saturated rings. The standard InChI is InChI=1S/C11H17FN2O3S/c1-2-17-7-3-6-14-18(15,16)11-8-9(13)4-5-10(11)12/h4-5,8,14H,2-3,6-7,13H2,1H3. The van der Waals surface area contributed by atoms with Crippen LogP contribution in [0.3, 0.4) is 0 Å².